The quantitative estimate of drug-likeness (QED) is 0.511. The number of ether oxygens (including phenoxy) is 2. The van der Waals surface area contributed by atoms with E-state index in [2.05, 4.69) is 21.2 Å². The van der Waals surface area contributed by atoms with Crippen LogP contribution in [-0.2, 0) is 4.79 Å². The Bertz CT molecular complexity index is 1130. The largest absolute Gasteiger partial charge is 0.492 e. The molecule has 1 N–H and O–H groups in total. The van der Waals surface area contributed by atoms with Gasteiger partial charge in [-0.1, -0.05) is 33.6 Å². The van der Waals surface area contributed by atoms with Crippen LogP contribution in [0.2, 0.25) is 0 Å². The Balaban J connectivity index is 1.50. The van der Waals surface area contributed by atoms with E-state index >= 15 is 0 Å². The molecule has 0 bridgehead atoms. The lowest BCUT2D eigenvalue weighted by Crippen LogP contribution is -2.46. The summed E-state index contributed by atoms with van der Waals surface area (Å²) in [6, 6.07) is 20.1. The summed E-state index contributed by atoms with van der Waals surface area (Å²) >= 11 is 3.36. The van der Waals surface area contributed by atoms with Gasteiger partial charge in [-0.3, -0.25) is 9.59 Å². The zero-order chi connectivity index (χ0) is 22.7. The van der Waals surface area contributed by atoms with Crippen LogP contribution in [0.3, 0.4) is 0 Å². The van der Waals surface area contributed by atoms with E-state index in [1.165, 1.54) is 0 Å². The number of halogens is 1. The molecule has 1 unspecified atom stereocenters. The maximum atomic E-state index is 12.8. The van der Waals surface area contributed by atoms with Crippen LogP contribution >= 0.6 is 15.9 Å². The number of fused-ring (bicyclic) bond motifs is 1. The van der Waals surface area contributed by atoms with E-state index in [0.717, 1.165) is 15.8 Å². The lowest BCUT2D eigenvalue weighted by Gasteiger charge is -2.33. The molecule has 164 valence electrons. The molecule has 4 rings (SSSR count). The first-order valence-corrected chi connectivity index (χ1v) is 11.1. The Morgan fingerprint density at radius 1 is 1.09 bits per heavy atom. The van der Waals surface area contributed by atoms with Crippen molar-refractivity contribution in [1.82, 2.24) is 0 Å². The number of benzene rings is 3. The molecule has 0 saturated heterocycles. The van der Waals surface area contributed by atoms with Crippen molar-refractivity contribution < 1.29 is 19.1 Å². The number of nitrogens with one attached hydrogen (secondary N) is 1. The van der Waals surface area contributed by atoms with Crippen molar-refractivity contribution in [2.24, 2.45) is 0 Å². The molecule has 1 aliphatic heterocycles. The van der Waals surface area contributed by atoms with E-state index in [1.807, 2.05) is 43.3 Å². The Kier molecular flexibility index (Phi) is 6.46. The number of rotatable bonds is 6. The standard InChI is InChI=1S/C25H23BrN2O4/c1-16-3-10-21(11-4-16)31-14-13-28-22-15-20(9-12-23(22)32-17(2)25(28)30)27-24(29)18-5-7-19(26)8-6-18/h3-12,15,17H,13-14H2,1-2H3,(H,27,29). The highest BCUT2D eigenvalue weighted by atomic mass is 79.9. The number of anilines is 2. The number of carbonyl (C=O) groups excluding carboxylic acids is 2. The Labute approximate surface area is 195 Å². The van der Waals surface area contributed by atoms with Gasteiger partial charge in [0.05, 0.1) is 12.2 Å². The van der Waals surface area contributed by atoms with Gasteiger partial charge in [0.1, 0.15) is 18.1 Å². The minimum Gasteiger partial charge on any atom is -0.492 e. The second kappa shape index (κ2) is 9.44. The molecule has 32 heavy (non-hydrogen) atoms. The first-order chi connectivity index (χ1) is 15.4. The second-order valence-corrected chi connectivity index (χ2v) is 8.47. The van der Waals surface area contributed by atoms with Gasteiger partial charge >= 0.3 is 0 Å². The molecule has 3 aromatic rings. The summed E-state index contributed by atoms with van der Waals surface area (Å²) < 4.78 is 12.5. The van der Waals surface area contributed by atoms with E-state index in [9.17, 15) is 9.59 Å². The lowest BCUT2D eigenvalue weighted by molar-refractivity contribution is -0.125. The summed E-state index contributed by atoms with van der Waals surface area (Å²) in [6.07, 6.45) is -0.593. The molecule has 1 heterocycles. The minimum atomic E-state index is -0.593. The molecule has 0 saturated carbocycles. The molecule has 7 heteroatoms. The Morgan fingerprint density at radius 3 is 2.53 bits per heavy atom. The second-order valence-electron chi connectivity index (χ2n) is 7.55. The third-order valence-electron chi connectivity index (χ3n) is 5.14. The first kappa shape index (κ1) is 21.9. The number of aryl methyl sites for hydroxylation is 1. The van der Waals surface area contributed by atoms with Crippen LogP contribution in [-0.4, -0.2) is 31.1 Å². The van der Waals surface area contributed by atoms with Crippen molar-refractivity contribution in [1.29, 1.82) is 0 Å². The van der Waals surface area contributed by atoms with Crippen molar-refractivity contribution in [3.05, 3.63) is 82.3 Å². The molecule has 0 spiro atoms. The van der Waals surface area contributed by atoms with Crippen molar-refractivity contribution in [3.8, 4) is 11.5 Å². The van der Waals surface area contributed by atoms with Crippen LogP contribution in [0.5, 0.6) is 11.5 Å². The molecule has 2 amide bonds. The van der Waals surface area contributed by atoms with Crippen LogP contribution < -0.4 is 19.7 Å². The van der Waals surface area contributed by atoms with Crippen molar-refractivity contribution in [3.63, 3.8) is 0 Å². The number of hydrogen-bond donors (Lipinski definition) is 1. The van der Waals surface area contributed by atoms with Gasteiger partial charge in [-0.15, -0.1) is 0 Å². The highest BCUT2D eigenvalue weighted by Crippen LogP contribution is 2.36. The smallest absolute Gasteiger partial charge is 0.267 e. The topological polar surface area (TPSA) is 67.9 Å². The fourth-order valence-corrected chi connectivity index (χ4v) is 3.67. The fraction of sp³-hybridized carbons (Fsp3) is 0.200. The van der Waals surface area contributed by atoms with Gasteiger partial charge in [-0.05, 0) is 68.4 Å². The molecular weight excluding hydrogens is 472 g/mol. The van der Waals surface area contributed by atoms with Crippen LogP contribution in [0.15, 0.2) is 71.2 Å². The Morgan fingerprint density at radius 2 is 1.81 bits per heavy atom. The monoisotopic (exact) mass is 494 g/mol. The number of hydrogen-bond acceptors (Lipinski definition) is 4. The molecule has 0 fully saturated rings. The molecule has 3 aromatic carbocycles. The van der Waals surface area contributed by atoms with Gasteiger partial charge in [0.15, 0.2) is 6.10 Å². The highest BCUT2D eigenvalue weighted by Gasteiger charge is 2.31. The molecule has 0 aromatic heterocycles. The van der Waals surface area contributed by atoms with Gasteiger partial charge in [0.25, 0.3) is 11.8 Å². The highest BCUT2D eigenvalue weighted by molar-refractivity contribution is 9.10. The average molecular weight is 495 g/mol. The summed E-state index contributed by atoms with van der Waals surface area (Å²) in [5, 5.41) is 2.88. The number of carbonyl (C=O) groups is 2. The number of amides is 2. The predicted octanol–water partition coefficient (Wildman–Crippen LogP) is 5.20. The van der Waals surface area contributed by atoms with Crippen LogP contribution in [0.4, 0.5) is 11.4 Å². The maximum absolute atomic E-state index is 12.8. The van der Waals surface area contributed by atoms with Gasteiger partial charge in [-0.25, -0.2) is 0 Å². The summed E-state index contributed by atoms with van der Waals surface area (Å²) in [6.45, 7) is 4.43. The third-order valence-corrected chi connectivity index (χ3v) is 5.66. The van der Waals surface area contributed by atoms with E-state index in [-0.39, 0.29) is 11.8 Å². The average Bonchev–Trinajstić information content (AvgIpc) is 2.78. The first-order valence-electron chi connectivity index (χ1n) is 10.3. The van der Waals surface area contributed by atoms with Gasteiger partial charge in [0.2, 0.25) is 0 Å². The lowest BCUT2D eigenvalue weighted by atomic mass is 10.1. The minimum absolute atomic E-state index is 0.151. The summed E-state index contributed by atoms with van der Waals surface area (Å²) in [5.41, 5.74) is 2.87. The molecule has 0 aliphatic carbocycles. The van der Waals surface area contributed by atoms with E-state index in [0.29, 0.717) is 35.8 Å². The van der Waals surface area contributed by atoms with Crippen LogP contribution in [0.25, 0.3) is 0 Å². The zero-order valence-electron chi connectivity index (χ0n) is 17.8. The molecule has 1 aliphatic rings. The van der Waals surface area contributed by atoms with Crippen LogP contribution in [0, 0.1) is 6.92 Å². The SMILES string of the molecule is Cc1ccc(OCCN2C(=O)C(C)Oc3ccc(NC(=O)c4ccc(Br)cc4)cc32)cc1. The summed E-state index contributed by atoms with van der Waals surface area (Å²) in [5.74, 6) is 0.957. The van der Waals surface area contributed by atoms with E-state index < -0.39 is 6.10 Å². The Hall–Kier alpha value is -3.32. The normalized spacial score (nSPS) is 15.0. The third kappa shape index (κ3) is 4.94. The summed E-state index contributed by atoms with van der Waals surface area (Å²) in [7, 11) is 0. The molecular formula is C25H23BrN2O4. The number of nitrogens with zero attached hydrogens (tertiary/aromatic N) is 1. The summed E-state index contributed by atoms with van der Waals surface area (Å²) in [4.78, 5) is 27.0. The maximum Gasteiger partial charge on any atom is 0.267 e. The van der Waals surface area contributed by atoms with E-state index in [4.69, 9.17) is 9.47 Å². The predicted molar refractivity (Wildman–Crippen MR) is 128 cm³/mol. The van der Waals surface area contributed by atoms with Crippen LogP contribution in [0.1, 0.15) is 22.8 Å². The van der Waals surface area contributed by atoms with Crippen molar-refractivity contribution in [2.45, 2.75) is 20.0 Å². The fourth-order valence-electron chi connectivity index (χ4n) is 3.41. The van der Waals surface area contributed by atoms with E-state index in [1.54, 1.807) is 42.2 Å². The molecule has 6 nitrogen and oxygen atoms in total. The van der Waals surface area contributed by atoms with Crippen molar-refractivity contribution in [2.75, 3.05) is 23.4 Å². The van der Waals surface area contributed by atoms with Crippen molar-refractivity contribution >= 4 is 39.1 Å². The zero-order valence-corrected chi connectivity index (χ0v) is 19.4. The molecule has 1 atom stereocenters. The van der Waals surface area contributed by atoms with Gasteiger partial charge in [0, 0.05) is 15.7 Å². The van der Waals surface area contributed by atoms with Gasteiger partial charge < -0.3 is 19.7 Å². The molecule has 0 radical (unpaired) electrons. The van der Waals surface area contributed by atoms with Gasteiger partial charge in [-0.2, -0.15) is 0 Å².